The van der Waals surface area contributed by atoms with Crippen LogP contribution in [0.4, 0.5) is 10.8 Å². The summed E-state index contributed by atoms with van der Waals surface area (Å²) in [4.78, 5) is 14.3. The monoisotopic (exact) mass is 376 g/mol. The Balaban J connectivity index is 1.52. The lowest BCUT2D eigenvalue weighted by Gasteiger charge is -2.30. The molecule has 1 aromatic heterocycles. The molecule has 0 spiro atoms. The summed E-state index contributed by atoms with van der Waals surface area (Å²) in [6.07, 6.45) is 2.22. The number of amides is 1. The second-order valence-electron chi connectivity index (χ2n) is 6.67. The molecule has 3 rings (SSSR count). The molecule has 7 heteroatoms. The van der Waals surface area contributed by atoms with E-state index >= 15 is 0 Å². The lowest BCUT2D eigenvalue weighted by Crippen LogP contribution is -2.38. The number of carbonyl (C=O) groups is 1. The molecule has 0 unspecified atom stereocenters. The number of hydrogen-bond donors (Lipinski definition) is 1. The van der Waals surface area contributed by atoms with Crippen molar-refractivity contribution in [1.82, 2.24) is 15.1 Å². The van der Waals surface area contributed by atoms with Crippen molar-refractivity contribution in [3.63, 3.8) is 0 Å². The van der Waals surface area contributed by atoms with Crippen LogP contribution in [-0.4, -0.2) is 39.8 Å². The highest BCUT2D eigenvalue weighted by atomic mass is 32.2. The molecule has 2 aromatic rings. The Hall–Kier alpha value is -1.60. The van der Waals surface area contributed by atoms with E-state index in [1.54, 1.807) is 0 Å². The first kappa shape index (κ1) is 18.2. The number of likely N-dealkylation sites (tertiary alicyclic amines) is 1. The van der Waals surface area contributed by atoms with Crippen molar-refractivity contribution in [2.75, 3.05) is 24.2 Å². The van der Waals surface area contributed by atoms with Gasteiger partial charge in [-0.15, -0.1) is 10.2 Å². The third-order valence-corrected chi connectivity index (χ3v) is 6.44. The molecule has 1 fully saturated rings. The number of aromatic nitrogens is 2. The molecule has 0 atom stereocenters. The van der Waals surface area contributed by atoms with Gasteiger partial charge in [0.15, 0.2) is 4.34 Å². The zero-order chi connectivity index (χ0) is 17.8. The topological polar surface area (TPSA) is 58.1 Å². The van der Waals surface area contributed by atoms with Crippen LogP contribution < -0.4 is 5.32 Å². The van der Waals surface area contributed by atoms with E-state index in [4.69, 9.17) is 0 Å². The van der Waals surface area contributed by atoms with Gasteiger partial charge in [0, 0.05) is 18.8 Å². The van der Waals surface area contributed by atoms with Gasteiger partial charge in [0.05, 0.1) is 5.75 Å². The van der Waals surface area contributed by atoms with Gasteiger partial charge in [-0.2, -0.15) is 0 Å². The van der Waals surface area contributed by atoms with Crippen LogP contribution >= 0.6 is 23.1 Å². The fourth-order valence-electron chi connectivity index (χ4n) is 2.86. The number of nitrogens with zero attached hydrogens (tertiary/aromatic N) is 3. The second kappa shape index (κ2) is 8.19. The quantitative estimate of drug-likeness (QED) is 0.791. The minimum absolute atomic E-state index is 0.205. The molecule has 0 bridgehead atoms. The van der Waals surface area contributed by atoms with Crippen LogP contribution in [0.15, 0.2) is 22.5 Å². The molecule has 1 saturated heterocycles. The summed E-state index contributed by atoms with van der Waals surface area (Å²) in [6, 6.07) is 6.26. The van der Waals surface area contributed by atoms with E-state index in [2.05, 4.69) is 54.5 Å². The summed E-state index contributed by atoms with van der Waals surface area (Å²) in [5, 5.41) is 12.4. The Morgan fingerprint density at radius 1 is 1.32 bits per heavy atom. The maximum Gasteiger partial charge on any atom is 0.233 e. The molecule has 1 amide bonds. The first-order chi connectivity index (χ1) is 12.0. The van der Waals surface area contributed by atoms with Crippen molar-refractivity contribution in [3.8, 4) is 0 Å². The lowest BCUT2D eigenvalue weighted by atomic mass is 9.99. The van der Waals surface area contributed by atoms with Crippen molar-refractivity contribution in [2.24, 2.45) is 5.92 Å². The van der Waals surface area contributed by atoms with E-state index in [0.717, 1.165) is 47.0 Å². The maximum absolute atomic E-state index is 12.3. The summed E-state index contributed by atoms with van der Waals surface area (Å²) in [6.45, 7) is 8.18. The molecule has 1 aliphatic rings. The van der Waals surface area contributed by atoms with Crippen LogP contribution in [0.3, 0.4) is 0 Å². The molecule has 1 aromatic carbocycles. The maximum atomic E-state index is 12.3. The minimum atomic E-state index is 0.205. The number of aryl methyl sites for hydroxylation is 2. The Morgan fingerprint density at radius 2 is 2.08 bits per heavy atom. The number of carbonyl (C=O) groups excluding carboxylic acids is 1. The van der Waals surface area contributed by atoms with Crippen molar-refractivity contribution in [2.45, 2.75) is 38.0 Å². The Labute approximate surface area is 157 Å². The molecule has 25 heavy (non-hydrogen) atoms. The zero-order valence-corrected chi connectivity index (χ0v) is 16.5. The van der Waals surface area contributed by atoms with E-state index in [1.165, 1.54) is 34.2 Å². The summed E-state index contributed by atoms with van der Waals surface area (Å²) in [7, 11) is 0. The molecule has 0 aliphatic carbocycles. The Morgan fingerprint density at radius 3 is 2.80 bits per heavy atom. The van der Waals surface area contributed by atoms with Crippen LogP contribution in [0.25, 0.3) is 0 Å². The standard InChI is InChI=1S/C18H24N4OS2/c1-12-6-8-22(9-7-12)16(23)11-24-18-21-20-17(25-18)19-15-5-4-13(2)10-14(15)3/h4-5,10,12H,6-9,11H2,1-3H3,(H,19,20). The van der Waals surface area contributed by atoms with Crippen molar-refractivity contribution in [3.05, 3.63) is 29.3 Å². The van der Waals surface area contributed by atoms with E-state index in [1.807, 2.05) is 4.90 Å². The number of anilines is 2. The number of thioether (sulfide) groups is 1. The lowest BCUT2D eigenvalue weighted by molar-refractivity contribution is -0.129. The predicted octanol–water partition coefficient (Wildman–Crippen LogP) is 4.25. The highest BCUT2D eigenvalue weighted by Gasteiger charge is 2.20. The smallest absolute Gasteiger partial charge is 0.233 e. The SMILES string of the molecule is Cc1ccc(Nc2nnc(SCC(=O)N3CCC(C)CC3)s2)c(C)c1. The van der Waals surface area contributed by atoms with E-state index in [9.17, 15) is 4.79 Å². The van der Waals surface area contributed by atoms with E-state index < -0.39 is 0 Å². The van der Waals surface area contributed by atoms with Gasteiger partial charge in [0.1, 0.15) is 0 Å². The highest BCUT2D eigenvalue weighted by Crippen LogP contribution is 2.29. The van der Waals surface area contributed by atoms with Gasteiger partial charge in [0.25, 0.3) is 0 Å². The average molecular weight is 377 g/mol. The largest absolute Gasteiger partial charge is 0.342 e. The zero-order valence-electron chi connectivity index (χ0n) is 14.9. The van der Waals surface area contributed by atoms with Gasteiger partial charge in [-0.25, -0.2) is 0 Å². The molecule has 5 nitrogen and oxygen atoms in total. The number of hydrogen-bond acceptors (Lipinski definition) is 6. The van der Waals surface area contributed by atoms with E-state index in [-0.39, 0.29) is 5.91 Å². The van der Waals surface area contributed by atoms with Gasteiger partial charge < -0.3 is 10.2 Å². The number of piperidine rings is 1. The second-order valence-corrected chi connectivity index (χ2v) is 8.87. The van der Waals surface area contributed by atoms with Crippen LogP contribution in [0.2, 0.25) is 0 Å². The average Bonchev–Trinajstić information content (AvgIpc) is 3.03. The molecular formula is C18H24N4OS2. The van der Waals surface area contributed by atoms with Gasteiger partial charge >= 0.3 is 0 Å². The first-order valence-corrected chi connectivity index (χ1v) is 10.4. The van der Waals surface area contributed by atoms with Gasteiger partial charge in [0.2, 0.25) is 11.0 Å². The molecule has 0 radical (unpaired) electrons. The van der Waals surface area contributed by atoms with Crippen molar-refractivity contribution < 1.29 is 4.79 Å². The highest BCUT2D eigenvalue weighted by molar-refractivity contribution is 8.01. The fraction of sp³-hybridized carbons (Fsp3) is 0.500. The minimum Gasteiger partial charge on any atom is -0.342 e. The van der Waals surface area contributed by atoms with Crippen LogP contribution in [-0.2, 0) is 4.79 Å². The number of rotatable bonds is 5. The Bertz CT molecular complexity index is 738. The summed E-state index contributed by atoms with van der Waals surface area (Å²) in [5.41, 5.74) is 3.46. The fourth-order valence-corrected chi connectivity index (χ4v) is 4.53. The van der Waals surface area contributed by atoms with Gasteiger partial charge in [-0.3, -0.25) is 4.79 Å². The van der Waals surface area contributed by atoms with Crippen molar-refractivity contribution >= 4 is 39.8 Å². The molecule has 1 N–H and O–H groups in total. The number of nitrogens with one attached hydrogen (secondary N) is 1. The van der Waals surface area contributed by atoms with Gasteiger partial charge in [-0.05, 0) is 44.2 Å². The first-order valence-electron chi connectivity index (χ1n) is 8.59. The van der Waals surface area contributed by atoms with Crippen LogP contribution in [0, 0.1) is 19.8 Å². The molecule has 2 heterocycles. The normalized spacial score (nSPS) is 15.4. The molecule has 134 valence electrons. The molecule has 0 saturated carbocycles. The third-order valence-electron chi connectivity index (χ3n) is 4.49. The summed E-state index contributed by atoms with van der Waals surface area (Å²) < 4.78 is 0.825. The summed E-state index contributed by atoms with van der Waals surface area (Å²) in [5.74, 6) is 1.38. The predicted molar refractivity (Wildman–Crippen MR) is 105 cm³/mol. The van der Waals surface area contributed by atoms with Crippen molar-refractivity contribution in [1.29, 1.82) is 0 Å². The van der Waals surface area contributed by atoms with E-state index in [0.29, 0.717) is 5.75 Å². The summed E-state index contributed by atoms with van der Waals surface area (Å²) >= 11 is 2.96. The number of benzene rings is 1. The Kier molecular flexibility index (Phi) is 5.96. The van der Waals surface area contributed by atoms with Crippen LogP contribution in [0.5, 0.6) is 0 Å². The van der Waals surface area contributed by atoms with Crippen LogP contribution in [0.1, 0.15) is 30.9 Å². The molecular weight excluding hydrogens is 352 g/mol. The third kappa shape index (κ3) is 4.95. The van der Waals surface area contributed by atoms with Gasteiger partial charge in [-0.1, -0.05) is 47.7 Å². The molecule has 1 aliphatic heterocycles.